The van der Waals surface area contributed by atoms with Crippen LogP contribution in [0.4, 0.5) is 0 Å². The zero-order valence-corrected chi connectivity index (χ0v) is 21.0. The van der Waals surface area contributed by atoms with Crippen molar-refractivity contribution in [3.63, 3.8) is 0 Å². The Balaban J connectivity index is 1.32. The minimum atomic E-state index is 0.114. The van der Waals surface area contributed by atoms with E-state index in [9.17, 15) is 5.11 Å². The summed E-state index contributed by atoms with van der Waals surface area (Å²) in [5.74, 6) is 0. The fourth-order valence-electron chi connectivity index (χ4n) is 4.86. The Morgan fingerprint density at radius 1 is 0.719 bits per heavy atom. The SMILES string of the molecule is CCCCCCCCCCCCCCCCCCOCC(CO)N1Cc2ccccc2C1. The highest BCUT2D eigenvalue weighted by Crippen LogP contribution is 2.24. The van der Waals surface area contributed by atoms with E-state index < -0.39 is 0 Å². The molecule has 32 heavy (non-hydrogen) atoms. The Morgan fingerprint density at radius 3 is 1.59 bits per heavy atom. The van der Waals surface area contributed by atoms with E-state index in [1.807, 2.05) is 0 Å². The predicted octanol–water partition coefficient (Wildman–Crippen LogP) is 7.64. The van der Waals surface area contributed by atoms with Crippen LogP contribution in [0.15, 0.2) is 24.3 Å². The molecule has 0 saturated carbocycles. The summed E-state index contributed by atoms with van der Waals surface area (Å²) in [4.78, 5) is 2.35. The molecule has 0 fully saturated rings. The van der Waals surface area contributed by atoms with Gasteiger partial charge in [0.15, 0.2) is 0 Å². The predicted molar refractivity (Wildman–Crippen MR) is 137 cm³/mol. The van der Waals surface area contributed by atoms with Crippen LogP contribution >= 0.6 is 0 Å². The molecule has 1 aromatic carbocycles. The maximum atomic E-state index is 9.79. The molecule has 0 aromatic heterocycles. The molecule has 2 rings (SSSR count). The van der Waals surface area contributed by atoms with Crippen LogP contribution in [-0.4, -0.2) is 35.9 Å². The molecule has 1 aromatic rings. The molecule has 3 heteroatoms. The second-order valence-corrected chi connectivity index (χ2v) is 9.89. The highest BCUT2D eigenvalue weighted by atomic mass is 16.5. The molecule has 0 bridgehead atoms. The van der Waals surface area contributed by atoms with Gasteiger partial charge in [0.05, 0.1) is 19.3 Å². The van der Waals surface area contributed by atoms with E-state index in [1.165, 1.54) is 107 Å². The van der Waals surface area contributed by atoms with Crippen molar-refractivity contribution in [2.24, 2.45) is 0 Å². The second kappa shape index (κ2) is 18.5. The molecule has 184 valence electrons. The molecule has 0 spiro atoms. The summed E-state index contributed by atoms with van der Waals surface area (Å²) >= 11 is 0. The quantitative estimate of drug-likeness (QED) is 0.197. The van der Waals surface area contributed by atoms with Gasteiger partial charge in [-0.2, -0.15) is 0 Å². The number of fused-ring (bicyclic) bond motifs is 1. The molecule has 1 atom stereocenters. The van der Waals surface area contributed by atoms with Gasteiger partial charge < -0.3 is 9.84 Å². The Bertz CT molecular complexity index is 537. The third kappa shape index (κ3) is 11.8. The first kappa shape index (κ1) is 27.3. The fourth-order valence-corrected chi connectivity index (χ4v) is 4.86. The standard InChI is InChI=1S/C29H51NO2/c1-2-3-4-5-6-7-8-9-10-11-12-13-14-15-16-19-22-32-26-29(25-31)30-23-27-20-17-18-21-28(27)24-30/h17-18,20-21,29,31H,2-16,19,22-26H2,1H3. The first-order valence-electron chi connectivity index (χ1n) is 13.8. The van der Waals surface area contributed by atoms with E-state index in [0.717, 1.165) is 26.1 Å². The fraction of sp³-hybridized carbons (Fsp3) is 0.793. The van der Waals surface area contributed by atoms with Crippen LogP contribution in [0.1, 0.15) is 121 Å². The molecule has 0 saturated heterocycles. The van der Waals surface area contributed by atoms with Crippen LogP contribution in [0.2, 0.25) is 0 Å². The highest BCUT2D eigenvalue weighted by molar-refractivity contribution is 5.30. The van der Waals surface area contributed by atoms with E-state index in [0.29, 0.717) is 6.61 Å². The van der Waals surface area contributed by atoms with Gasteiger partial charge in [0.25, 0.3) is 0 Å². The van der Waals surface area contributed by atoms with Crippen LogP contribution in [0.25, 0.3) is 0 Å². The van der Waals surface area contributed by atoms with Gasteiger partial charge in [-0.15, -0.1) is 0 Å². The van der Waals surface area contributed by atoms with Gasteiger partial charge in [0, 0.05) is 19.7 Å². The number of hydrogen-bond acceptors (Lipinski definition) is 3. The van der Waals surface area contributed by atoms with Crippen molar-refractivity contribution < 1.29 is 9.84 Å². The number of ether oxygens (including phenoxy) is 1. The number of rotatable bonds is 21. The lowest BCUT2D eigenvalue weighted by Crippen LogP contribution is -2.37. The molecular formula is C29H51NO2. The largest absolute Gasteiger partial charge is 0.395 e. The van der Waals surface area contributed by atoms with Gasteiger partial charge in [-0.1, -0.05) is 128 Å². The van der Waals surface area contributed by atoms with E-state index in [-0.39, 0.29) is 12.6 Å². The molecule has 0 aliphatic carbocycles. The van der Waals surface area contributed by atoms with Crippen molar-refractivity contribution in [1.82, 2.24) is 4.90 Å². The van der Waals surface area contributed by atoms with E-state index >= 15 is 0 Å². The maximum absolute atomic E-state index is 9.79. The van der Waals surface area contributed by atoms with Crippen LogP contribution in [0, 0.1) is 0 Å². The van der Waals surface area contributed by atoms with Crippen molar-refractivity contribution in [3.8, 4) is 0 Å². The van der Waals surface area contributed by atoms with Gasteiger partial charge in [0.1, 0.15) is 0 Å². The number of aliphatic hydroxyl groups is 1. The molecule has 1 unspecified atom stereocenters. The molecule has 1 aliphatic heterocycles. The van der Waals surface area contributed by atoms with Gasteiger partial charge in [-0.05, 0) is 17.5 Å². The van der Waals surface area contributed by atoms with E-state index in [2.05, 4.69) is 36.1 Å². The first-order chi connectivity index (χ1) is 15.8. The number of hydrogen-bond donors (Lipinski definition) is 1. The van der Waals surface area contributed by atoms with Gasteiger partial charge in [0.2, 0.25) is 0 Å². The van der Waals surface area contributed by atoms with Gasteiger partial charge in [-0.25, -0.2) is 0 Å². The molecule has 0 radical (unpaired) electrons. The summed E-state index contributed by atoms with van der Waals surface area (Å²) < 4.78 is 5.92. The normalized spacial score (nSPS) is 14.7. The van der Waals surface area contributed by atoms with Crippen LogP contribution < -0.4 is 0 Å². The molecule has 1 heterocycles. The van der Waals surface area contributed by atoms with E-state index in [1.54, 1.807) is 0 Å². The summed E-state index contributed by atoms with van der Waals surface area (Å²) in [6.45, 7) is 5.80. The lowest BCUT2D eigenvalue weighted by atomic mass is 10.0. The lowest BCUT2D eigenvalue weighted by Gasteiger charge is -2.25. The van der Waals surface area contributed by atoms with Gasteiger partial charge in [-0.3, -0.25) is 4.90 Å². The number of unbranched alkanes of at least 4 members (excludes halogenated alkanes) is 15. The Kier molecular flexibility index (Phi) is 15.8. The Morgan fingerprint density at radius 2 is 1.16 bits per heavy atom. The average molecular weight is 446 g/mol. The monoisotopic (exact) mass is 445 g/mol. The molecule has 1 aliphatic rings. The topological polar surface area (TPSA) is 32.7 Å². The smallest absolute Gasteiger partial charge is 0.0644 e. The van der Waals surface area contributed by atoms with Crippen LogP contribution in [0.5, 0.6) is 0 Å². The summed E-state index contributed by atoms with van der Waals surface area (Å²) in [6, 6.07) is 8.71. The van der Waals surface area contributed by atoms with Crippen LogP contribution in [-0.2, 0) is 17.8 Å². The minimum Gasteiger partial charge on any atom is -0.395 e. The van der Waals surface area contributed by atoms with Crippen LogP contribution in [0.3, 0.4) is 0 Å². The zero-order chi connectivity index (χ0) is 22.7. The number of nitrogens with zero attached hydrogens (tertiary/aromatic N) is 1. The van der Waals surface area contributed by atoms with Crippen molar-refractivity contribution in [3.05, 3.63) is 35.4 Å². The van der Waals surface area contributed by atoms with Crippen molar-refractivity contribution in [2.45, 2.75) is 129 Å². The van der Waals surface area contributed by atoms with Crippen molar-refractivity contribution in [1.29, 1.82) is 0 Å². The minimum absolute atomic E-state index is 0.114. The second-order valence-electron chi connectivity index (χ2n) is 9.89. The van der Waals surface area contributed by atoms with E-state index in [4.69, 9.17) is 4.74 Å². The molecule has 3 nitrogen and oxygen atoms in total. The zero-order valence-electron chi connectivity index (χ0n) is 21.0. The number of benzene rings is 1. The maximum Gasteiger partial charge on any atom is 0.0644 e. The molecule has 0 amide bonds. The van der Waals surface area contributed by atoms with Crippen molar-refractivity contribution >= 4 is 0 Å². The van der Waals surface area contributed by atoms with Gasteiger partial charge >= 0.3 is 0 Å². The summed E-state index contributed by atoms with van der Waals surface area (Å²) in [5, 5.41) is 9.79. The Labute approximate surface area is 198 Å². The number of aliphatic hydroxyl groups excluding tert-OH is 1. The first-order valence-corrected chi connectivity index (χ1v) is 13.8. The molecular weight excluding hydrogens is 394 g/mol. The summed E-state index contributed by atoms with van der Waals surface area (Å²) in [5.41, 5.74) is 2.78. The van der Waals surface area contributed by atoms with Crippen molar-refractivity contribution in [2.75, 3.05) is 19.8 Å². The highest BCUT2D eigenvalue weighted by Gasteiger charge is 2.25. The third-order valence-electron chi connectivity index (χ3n) is 7.04. The Hall–Kier alpha value is -0.900. The molecule has 1 N–H and O–H groups in total. The third-order valence-corrected chi connectivity index (χ3v) is 7.04. The average Bonchev–Trinajstić information content (AvgIpc) is 3.24. The lowest BCUT2D eigenvalue weighted by molar-refractivity contribution is 0.0277. The summed E-state index contributed by atoms with van der Waals surface area (Å²) in [7, 11) is 0. The summed E-state index contributed by atoms with van der Waals surface area (Å²) in [6.07, 6.45) is 22.3.